The minimum atomic E-state index is 0.607. The Morgan fingerprint density at radius 3 is 2.06 bits per heavy atom. The highest BCUT2D eigenvalue weighted by Crippen LogP contribution is 2.22. The summed E-state index contributed by atoms with van der Waals surface area (Å²) in [5, 5.41) is 0. The van der Waals surface area contributed by atoms with E-state index < -0.39 is 0 Å². The molecule has 102 valence electrons. The second kappa shape index (κ2) is 7.19. The third-order valence-corrected chi connectivity index (χ3v) is 3.13. The molecule has 0 saturated carbocycles. The quantitative estimate of drug-likeness (QED) is 0.808. The zero-order valence-electron chi connectivity index (χ0n) is 12.2. The molecule has 1 heterocycles. The Morgan fingerprint density at radius 2 is 1.56 bits per heavy atom. The lowest BCUT2D eigenvalue weighted by atomic mass is 10.2. The number of hydrogen-bond acceptors (Lipinski definition) is 4. The van der Waals surface area contributed by atoms with Crippen molar-refractivity contribution < 1.29 is 0 Å². The molecular weight excluding hydrogens is 224 g/mol. The van der Waals surface area contributed by atoms with Crippen LogP contribution < -0.4 is 10.6 Å². The highest BCUT2D eigenvalue weighted by molar-refractivity contribution is 5.56. The van der Waals surface area contributed by atoms with Crippen molar-refractivity contribution in [2.45, 2.75) is 53.4 Å². The minimum absolute atomic E-state index is 0.607. The van der Waals surface area contributed by atoms with E-state index >= 15 is 0 Å². The lowest BCUT2D eigenvalue weighted by Crippen LogP contribution is -2.28. The molecule has 0 saturated heterocycles. The first kappa shape index (κ1) is 14.7. The highest BCUT2D eigenvalue weighted by Gasteiger charge is 2.13. The van der Waals surface area contributed by atoms with E-state index in [1.165, 1.54) is 25.7 Å². The van der Waals surface area contributed by atoms with E-state index in [0.29, 0.717) is 5.82 Å². The normalized spacial score (nSPS) is 10.7. The van der Waals surface area contributed by atoms with Gasteiger partial charge in [-0.15, -0.1) is 0 Å². The van der Waals surface area contributed by atoms with Crippen LogP contribution in [0.3, 0.4) is 0 Å². The summed E-state index contributed by atoms with van der Waals surface area (Å²) in [4.78, 5) is 11.1. The van der Waals surface area contributed by atoms with Gasteiger partial charge in [0.1, 0.15) is 17.5 Å². The molecule has 0 radical (unpaired) electrons. The van der Waals surface area contributed by atoms with Crippen LogP contribution in [0.5, 0.6) is 0 Å². The van der Waals surface area contributed by atoms with Crippen LogP contribution in [-0.2, 0) is 0 Å². The molecule has 0 spiro atoms. The molecule has 1 aromatic heterocycles. The predicted molar refractivity (Wildman–Crippen MR) is 77.9 cm³/mol. The van der Waals surface area contributed by atoms with Crippen molar-refractivity contribution in [1.29, 1.82) is 0 Å². The summed E-state index contributed by atoms with van der Waals surface area (Å²) in [7, 11) is 0. The van der Waals surface area contributed by atoms with Gasteiger partial charge in [-0.1, -0.05) is 26.7 Å². The molecule has 0 aliphatic carbocycles. The second-order valence-electron chi connectivity index (χ2n) is 4.80. The zero-order valence-corrected chi connectivity index (χ0v) is 12.2. The summed E-state index contributed by atoms with van der Waals surface area (Å²) < 4.78 is 0. The van der Waals surface area contributed by atoms with Gasteiger partial charge in [-0.25, -0.2) is 9.97 Å². The number of aromatic nitrogens is 2. The molecule has 0 aliphatic heterocycles. The SMILES string of the molecule is CCCCN(CCCC)c1nc(C)nc(N)c1C. The molecule has 4 nitrogen and oxygen atoms in total. The lowest BCUT2D eigenvalue weighted by molar-refractivity contribution is 0.667. The van der Waals surface area contributed by atoms with Crippen molar-refractivity contribution in [3.8, 4) is 0 Å². The van der Waals surface area contributed by atoms with E-state index in [0.717, 1.165) is 30.3 Å². The Morgan fingerprint density at radius 1 is 1.00 bits per heavy atom. The maximum absolute atomic E-state index is 5.94. The van der Waals surface area contributed by atoms with Crippen molar-refractivity contribution in [2.75, 3.05) is 23.7 Å². The second-order valence-corrected chi connectivity index (χ2v) is 4.80. The summed E-state index contributed by atoms with van der Waals surface area (Å²) in [6, 6.07) is 0. The minimum Gasteiger partial charge on any atom is -0.383 e. The molecule has 0 fully saturated rings. The fourth-order valence-electron chi connectivity index (χ4n) is 1.96. The molecule has 0 unspecified atom stereocenters. The van der Waals surface area contributed by atoms with Crippen molar-refractivity contribution in [1.82, 2.24) is 9.97 Å². The Labute approximate surface area is 111 Å². The van der Waals surface area contributed by atoms with Gasteiger partial charge in [-0.3, -0.25) is 0 Å². The largest absolute Gasteiger partial charge is 0.383 e. The number of anilines is 2. The van der Waals surface area contributed by atoms with Crippen LogP contribution in [-0.4, -0.2) is 23.1 Å². The molecule has 0 aliphatic rings. The van der Waals surface area contributed by atoms with E-state index in [4.69, 9.17) is 5.73 Å². The van der Waals surface area contributed by atoms with Crippen LogP contribution in [0.25, 0.3) is 0 Å². The third kappa shape index (κ3) is 3.86. The standard InChI is InChI=1S/C14H26N4/c1-5-7-9-18(10-8-6-2)14-11(3)13(15)16-12(4)17-14/h5-10H2,1-4H3,(H2,15,16,17). The van der Waals surface area contributed by atoms with Crippen LogP contribution in [0.1, 0.15) is 50.9 Å². The maximum atomic E-state index is 5.94. The number of nitrogens with zero attached hydrogens (tertiary/aromatic N) is 3. The molecular formula is C14H26N4. The first-order chi connectivity index (χ1) is 8.60. The summed E-state index contributed by atoms with van der Waals surface area (Å²) in [5.74, 6) is 2.38. The average molecular weight is 250 g/mol. The lowest BCUT2D eigenvalue weighted by Gasteiger charge is -2.25. The number of hydrogen-bond donors (Lipinski definition) is 1. The number of nitrogen functional groups attached to an aromatic ring is 1. The molecule has 1 rings (SSSR count). The molecule has 2 N–H and O–H groups in total. The van der Waals surface area contributed by atoms with Gasteiger partial charge in [0.2, 0.25) is 0 Å². The Bertz CT molecular complexity index is 368. The highest BCUT2D eigenvalue weighted by atomic mass is 15.2. The Hall–Kier alpha value is -1.32. The first-order valence-corrected chi connectivity index (χ1v) is 6.95. The summed E-state index contributed by atoms with van der Waals surface area (Å²) in [5.41, 5.74) is 6.95. The number of unbranched alkanes of at least 4 members (excludes halogenated alkanes) is 2. The number of aryl methyl sites for hydroxylation is 1. The van der Waals surface area contributed by atoms with E-state index in [1.54, 1.807) is 0 Å². The summed E-state index contributed by atoms with van der Waals surface area (Å²) in [6.45, 7) is 10.4. The first-order valence-electron chi connectivity index (χ1n) is 6.95. The van der Waals surface area contributed by atoms with Gasteiger partial charge in [0.05, 0.1) is 0 Å². The van der Waals surface area contributed by atoms with E-state index in [9.17, 15) is 0 Å². The van der Waals surface area contributed by atoms with Gasteiger partial charge < -0.3 is 10.6 Å². The molecule has 0 atom stereocenters. The molecule has 0 aromatic carbocycles. The van der Waals surface area contributed by atoms with Gasteiger partial charge in [-0.2, -0.15) is 0 Å². The molecule has 18 heavy (non-hydrogen) atoms. The molecule has 1 aromatic rings. The van der Waals surface area contributed by atoms with Crippen molar-refractivity contribution in [3.05, 3.63) is 11.4 Å². The average Bonchev–Trinajstić information content (AvgIpc) is 2.34. The van der Waals surface area contributed by atoms with Crippen molar-refractivity contribution >= 4 is 11.6 Å². The molecule has 0 bridgehead atoms. The zero-order chi connectivity index (χ0) is 13.5. The van der Waals surface area contributed by atoms with E-state index in [1.807, 2.05) is 13.8 Å². The van der Waals surface area contributed by atoms with Gasteiger partial charge in [0, 0.05) is 18.7 Å². The topological polar surface area (TPSA) is 55.0 Å². The Kier molecular flexibility index (Phi) is 5.89. The molecule has 4 heteroatoms. The number of nitrogens with two attached hydrogens (primary N) is 1. The number of rotatable bonds is 7. The monoisotopic (exact) mass is 250 g/mol. The van der Waals surface area contributed by atoms with Crippen molar-refractivity contribution in [3.63, 3.8) is 0 Å². The maximum Gasteiger partial charge on any atom is 0.137 e. The van der Waals surface area contributed by atoms with Gasteiger partial charge in [-0.05, 0) is 26.7 Å². The van der Waals surface area contributed by atoms with E-state index in [-0.39, 0.29) is 0 Å². The van der Waals surface area contributed by atoms with Gasteiger partial charge >= 0.3 is 0 Å². The van der Waals surface area contributed by atoms with Crippen LogP contribution in [0.2, 0.25) is 0 Å². The smallest absolute Gasteiger partial charge is 0.137 e. The van der Waals surface area contributed by atoms with Crippen LogP contribution >= 0.6 is 0 Å². The van der Waals surface area contributed by atoms with Crippen LogP contribution in [0.4, 0.5) is 11.6 Å². The van der Waals surface area contributed by atoms with Crippen molar-refractivity contribution in [2.24, 2.45) is 0 Å². The molecule has 0 amide bonds. The van der Waals surface area contributed by atoms with Gasteiger partial charge in [0.15, 0.2) is 0 Å². The van der Waals surface area contributed by atoms with Crippen LogP contribution in [0, 0.1) is 13.8 Å². The Balaban J connectivity index is 2.95. The fourth-order valence-corrected chi connectivity index (χ4v) is 1.96. The van der Waals surface area contributed by atoms with Crippen LogP contribution in [0.15, 0.2) is 0 Å². The van der Waals surface area contributed by atoms with Gasteiger partial charge in [0.25, 0.3) is 0 Å². The predicted octanol–water partition coefficient (Wildman–Crippen LogP) is 3.08. The summed E-state index contributed by atoms with van der Waals surface area (Å²) >= 11 is 0. The van der Waals surface area contributed by atoms with E-state index in [2.05, 4.69) is 28.7 Å². The summed E-state index contributed by atoms with van der Waals surface area (Å²) in [6.07, 6.45) is 4.76. The fraction of sp³-hybridized carbons (Fsp3) is 0.714. The third-order valence-electron chi connectivity index (χ3n) is 3.13.